The van der Waals surface area contributed by atoms with E-state index in [1.54, 1.807) is 21.6 Å². The molecule has 1 amide bonds. The molecule has 5 heteroatoms. The molecule has 2 rings (SSSR count). The van der Waals surface area contributed by atoms with Crippen LogP contribution in [0, 0.1) is 0 Å². The molecule has 1 fully saturated rings. The van der Waals surface area contributed by atoms with Gasteiger partial charge in [0.25, 0.3) is 5.91 Å². The summed E-state index contributed by atoms with van der Waals surface area (Å²) in [6.07, 6.45) is 3.92. The molecule has 0 aliphatic carbocycles. The summed E-state index contributed by atoms with van der Waals surface area (Å²) >= 11 is 6.96. The van der Waals surface area contributed by atoms with E-state index in [9.17, 15) is 4.79 Å². The van der Waals surface area contributed by atoms with Crippen LogP contribution in [0.5, 0.6) is 0 Å². The van der Waals surface area contributed by atoms with Gasteiger partial charge in [-0.2, -0.15) is 0 Å². The van der Waals surface area contributed by atoms with Crippen molar-refractivity contribution in [2.24, 2.45) is 0 Å². The maximum Gasteiger partial charge on any atom is 0.276 e. The van der Waals surface area contributed by atoms with E-state index in [4.69, 9.17) is 12.2 Å². The van der Waals surface area contributed by atoms with Crippen molar-refractivity contribution in [1.29, 1.82) is 0 Å². The fourth-order valence-electron chi connectivity index (χ4n) is 1.95. The minimum Gasteiger partial charge on any atom is -0.317 e. The van der Waals surface area contributed by atoms with Gasteiger partial charge in [-0.1, -0.05) is 12.1 Å². The van der Waals surface area contributed by atoms with Gasteiger partial charge in [-0.25, -0.2) is 0 Å². The summed E-state index contributed by atoms with van der Waals surface area (Å²) in [6, 6.07) is 8.12. The average Bonchev–Trinajstić information content (AvgIpc) is 2.63. The van der Waals surface area contributed by atoms with Gasteiger partial charge < -0.3 is 4.90 Å². The van der Waals surface area contributed by atoms with Crippen molar-refractivity contribution in [3.05, 3.63) is 35.5 Å². The Morgan fingerprint density at radius 1 is 1.32 bits per heavy atom. The van der Waals surface area contributed by atoms with Crippen LogP contribution in [0.1, 0.15) is 12.5 Å². The maximum atomic E-state index is 12.2. The minimum absolute atomic E-state index is 0.0241. The largest absolute Gasteiger partial charge is 0.317 e. The second-order valence-electron chi connectivity index (χ2n) is 4.19. The number of hydrogen-bond donors (Lipinski definition) is 0. The summed E-state index contributed by atoms with van der Waals surface area (Å²) < 4.78 is 0. The molecule has 1 aromatic carbocycles. The van der Waals surface area contributed by atoms with Crippen LogP contribution in [-0.2, 0) is 4.79 Å². The summed E-state index contributed by atoms with van der Waals surface area (Å²) in [7, 11) is 1.83. The zero-order valence-electron chi connectivity index (χ0n) is 11.2. The first kappa shape index (κ1) is 14.1. The molecule has 19 heavy (non-hydrogen) atoms. The van der Waals surface area contributed by atoms with Crippen molar-refractivity contribution in [3.8, 4) is 0 Å². The lowest BCUT2D eigenvalue weighted by Gasteiger charge is -2.13. The van der Waals surface area contributed by atoms with Crippen molar-refractivity contribution < 1.29 is 4.79 Å². The molecule has 0 radical (unpaired) electrons. The predicted octanol–water partition coefficient (Wildman–Crippen LogP) is 2.83. The number of thioether (sulfide) groups is 1. The number of carbonyl (C=O) groups excluding carboxylic acids is 1. The molecule has 0 aromatic heterocycles. The molecule has 0 N–H and O–H groups in total. The monoisotopic (exact) mass is 292 g/mol. The fourth-order valence-corrected chi connectivity index (χ4v) is 2.67. The maximum absolute atomic E-state index is 12.2. The molecule has 0 spiro atoms. The highest BCUT2D eigenvalue weighted by Crippen LogP contribution is 2.23. The zero-order valence-corrected chi connectivity index (χ0v) is 12.8. The Balaban J connectivity index is 2.32. The Kier molecular flexibility index (Phi) is 4.27. The van der Waals surface area contributed by atoms with Gasteiger partial charge in [0.15, 0.2) is 5.11 Å². The molecule has 1 heterocycles. The highest BCUT2D eigenvalue weighted by molar-refractivity contribution is 7.98. The molecular weight excluding hydrogens is 276 g/mol. The van der Waals surface area contributed by atoms with Crippen LogP contribution in [0.2, 0.25) is 0 Å². The van der Waals surface area contributed by atoms with Gasteiger partial charge in [-0.3, -0.25) is 9.69 Å². The van der Waals surface area contributed by atoms with Gasteiger partial charge in [0, 0.05) is 18.5 Å². The van der Waals surface area contributed by atoms with E-state index in [-0.39, 0.29) is 5.91 Å². The third kappa shape index (κ3) is 2.67. The van der Waals surface area contributed by atoms with E-state index in [1.165, 1.54) is 4.90 Å². The summed E-state index contributed by atoms with van der Waals surface area (Å²) in [5.74, 6) is -0.0241. The molecule has 100 valence electrons. The Labute approximate surface area is 123 Å². The topological polar surface area (TPSA) is 23.6 Å². The van der Waals surface area contributed by atoms with Crippen LogP contribution in [0.15, 0.2) is 34.9 Å². The first-order valence-corrected chi connectivity index (χ1v) is 7.67. The van der Waals surface area contributed by atoms with Crippen molar-refractivity contribution >= 4 is 41.1 Å². The van der Waals surface area contributed by atoms with Crippen molar-refractivity contribution in [2.75, 3.05) is 19.8 Å². The Morgan fingerprint density at radius 3 is 2.42 bits per heavy atom. The predicted molar refractivity (Wildman–Crippen MR) is 83.9 cm³/mol. The van der Waals surface area contributed by atoms with Crippen molar-refractivity contribution in [3.63, 3.8) is 0 Å². The normalized spacial score (nSPS) is 17.7. The number of hydrogen-bond acceptors (Lipinski definition) is 3. The van der Waals surface area contributed by atoms with Crippen LogP contribution >= 0.6 is 24.0 Å². The molecule has 0 atom stereocenters. The van der Waals surface area contributed by atoms with E-state index in [0.717, 1.165) is 5.56 Å². The fraction of sp³-hybridized carbons (Fsp3) is 0.286. The third-order valence-corrected chi connectivity index (χ3v) is 4.32. The van der Waals surface area contributed by atoms with Crippen LogP contribution in [-0.4, -0.2) is 40.7 Å². The number of nitrogens with zero attached hydrogens (tertiary/aromatic N) is 2. The van der Waals surface area contributed by atoms with Gasteiger partial charge in [0.05, 0.1) is 0 Å². The zero-order chi connectivity index (χ0) is 14.0. The van der Waals surface area contributed by atoms with Gasteiger partial charge in [-0.15, -0.1) is 11.8 Å². The summed E-state index contributed by atoms with van der Waals surface area (Å²) in [4.78, 5) is 16.8. The first-order valence-electron chi connectivity index (χ1n) is 6.03. The van der Waals surface area contributed by atoms with Crippen LogP contribution in [0.4, 0.5) is 0 Å². The molecule has 0 saturated carbocycles. The Hall–Kier alpha value is -1.33. The number of amides is 1. The number of likely N-dealkylation sites (N-methyl/N-ethyl adjacent to an activating group) is 2. The molecule has 1 aliphatic rings. The second kappa shape index (κ2) is 5.75. The standard InChI is InChI=1S/C14H16N2OS2/c1-4-16-13(17)12(15(2)14(16)18)9-10-5-7-11(19-3)8-6-10/h5-9H,4H2,1-3H3. The SMILES string of the molecule is CCN1C(=O)C(=Cc2ccc(SC)cc2)N(C)C1=S. The van der Waals surface area contributed by atoms with Gasteiger partial charge in [-0.05, 0) is 49.2 Å². The summed E-state index contributed by atoms with van der Waals surface area (Å²) in [5.41, 5.74) is 1.64. The smallest absolute Gasteiger partial charge is 0.276 e. The molecular formula is C14H16N2OS2. The Morgan fingerprint density at radius 2 is 1.95 bits per heavy atom. The first-order chi connectivity index (χ1) is 9.08. The van der Waals surface area contributed by atoms with Crippen LogP contribution < -0.4 is 0 Å². The lowest BCUT2D eigenvalue weighted by molar-refractivity contribution is -0.122. The number of carbonyl (C=O) groups is 1. The molecule has 1 aliphatic heterocycles. The summed E-state index contributed by atoms with van der Waals surface area (Å²) in [5, 5.41) is 0.569. The van der Waals surface area contributed by atoms with Gasteiger partial charge >= 0.3 is 0 Å². The number of benzene rings is 1. The van der Waals surface area contributed by atoms with E-state index in [1.807, 2.05) is 50.6 Å². The second-order valence-corrected chi connectivity index (χ2v) is 5.44. The number of thiocarbonyl (C=S) groups is 1. The Bertz CT molecular complexity index is 537. The van der Waals surface area contributed by atoms with Crippen LogP contribution in [0.25, 0.3) is 6.08 Å². The highest BCUT2D eigenvalue weighted by Gasteiger charge is 2.34. The van der Waals surface area contributed by atoms with Crippen LogP contribution in [0.3, 0.4) is 0 Å². The molecule has 1 aromatic rings. The third-order valence-electron chi connectivity index (χ3n) is 3.08. The molecule has 1 saturated heterocycles. The lowest BCUT2D eigenvalue weighted by atomic mass is 10.2. The van der Waals surface area contributed by atoms with E-state index >= 15 is 0 Å². The van der Waals surface area contributed by atoms with Crippen molar-refractivity contribution in [1.82, 2.24) is 9.80 Å². The number of rotatable bonds is 3. The average molecular weight is 292 g/mol. The molecule has 0 unspecified atom stereocenters. The highest BCUT2D eigenvalue weighted by atomic mass is 32.2. The van der Waals surface area contributed by atoms with Gasteiger partial charge in [0.1, 0.15) is 5.70 Å². The minimum atomic E-state index is -0.0241. The quantitative estimate of drug-likeness (QED) is 0.485. The lowest BCUT2D eigenvalue weighted by Crippen LogP contribution is -2.30. The molecule has 3 nitrogen and oxygen atoms in total. The summed E-state index contributed by atoms with van der Waals surface area (Å²) in [6.45, 7) is 2.53. The van der Waals surface area contributed by atoms with E-state index < -0.39 is 0 Å². The van der Waals surface area contributed by atoms with E-state index in [0.29, 0.717) is 17.4 Å². The molecule has 0 bridgehead atoms. The van der Waals surface area contributed by atoms with Crippen molar-refractivity contribution in [2.45, 2.75) is 11.8 Å². The van der Waals surface area contributed by atoms with E-state index in [2.05, 4.69) is 0 Å². The van der Waals surface area contributed by atoms with Gasteiger partial charge in [0.2, 0.25) is 0 Å².